The Labute approximate surface area is 97.7 Å². The van der Waals surface area contributed by atoms with Gasteiger partial charge in [0.15, 0.2) is 0 Å². The Morgan fingerprint density at radius 3 is 2.06 bits per heavy atom. The fourth-order valence-corrected chi connectivity index (χ4v) is 1.04. The molecule has 0 atom stereocenters. The van der Waals surface area contributed by atoms with Crippen molar-refractivity contribution < 1.29 is 4.42 Å². The van der Waals surface area contributed by atoms with Crippen molar-refractivity contribution in [3.8, 4) is 0 Å². The number of aliphatic imine (C=N–C) groups is 1. The summed E-state index contributed by atoms with van der Waals surface area (Å²) in [5, 5.41) is 0. The van der Waals surface area contributed by atoms with Crippen LogP contribution in [0.15, 0.2) is 41.3 Å². The van der Waals surface area contributed by atoms with Gasteiger partial charge in [0.1, 0.15) is 5.76 Å². The zero-order chi connectivity index (χ0) is 12.6. The van der Waals surface area contributed by atoms with Crippen molar-refractivity contribution in [2.24, 2.45) is 4.99 Å². The first-order valence-corrected chi connectivity index (χ1v) is 5.06. The van der Waals surface area contributed by atoms with Gasteiger partial charge in [-0.15, -0.1) is 6.58 Å². The zero-order valence-corrected chi connectivity index (χ0v) is 10.3. The lowest BCUT2D eigenvalue weighted by molar-refractivity contribution is 0.565. The summed E-state index contributed by atoms with van der Waals surface area (Å²) < 4.78 is 5.43. The molecule has 0 amide bonds. The van der Waals surface area contributed by atoms with Crippen LogP contribution in [-0.2, 0) is 0 Å². The smallest absolute Gasteiger partial charge is 0.222 e. The second-order valence-electron chi connectivity index (χ2n) is 3.15. The number of nitrogens with zero attached hydrogens (tertiary/aromatic N) is 1. The van der Waals surface area contributed by atoms with Crippen LogP contribution in [0.3, 0.4) is 0 Å². The van der Waals surface area contributed by atoms with Crippen LogP contribution in [0.1, 0.15) is 23.8 Å². The molecule has 0 saturated carbocycles. The summed E-state index contributed by atoms with van der Waals surface area (Å²) in [5.41, 5.74) is 2.14. The van der Waals surface area contributed by atoms with E-state index in [0.29, 0.717) is 5.88 Å². The minimum Gasteiger partial charge on any atom is -0.438 e. The van der Waals surface area contributed by atoms with Crippen molar-refractivity contribution in [1.82, 2.24) is 0 Å². The third kappa shape index (κ3) is 3.73. The van der Waals surface area contributed by atoms with E-state index in [9.17, 15) is 0 Å². The Morgan fingerprint density at radius 2 is 1.69 bits per heavy atom. The first-order valence-electron chi connectivity index (χ1n) is 5.06. The summed E-state index contributed by atoms with van der Waals surface area (Å²) in [6.45, 7) is 16.4. The zero-order valence-electron chi connectivity index (χ0n) is 10.3. The Hall–Kier alpha value is -1.83. The highest BCUT2D eigenvalue weighted by molar-refractivity contribution is 5.73. The molecule has 0 saturated heterocycles. The first kappa shape index (κ1) is 14.2. The Morgan fingerprint density at radius 1 is 1.12 bits per heavy atom. The van der Waals surface area contributed by atoms with Crippen LogP contribution in [0.4, 0.5) is 5.88 Å². The minimum atomic E-state index is 0.632. The Bertz CT molecular complexity index is 397. The molecule has 1 rings (SSSR count). The lowest BCUT2D eigenvalue weighted by Crippen LogP contribution is -1.73. The summed E-state index contributed by atoms with van der Waals surface area (Å²) in [6, 6.07) is 0. The first-order chi connectivity index (χ1) is 7.62. The molecule has 0 aliphatic heterocycles. The molecular formula is C14H19NO. The number of furan rings is 1. The Balaban J connectivity index is 0.000000673. The monoisotopic (exact) mass is 217 g/mol. The average Bonchev–Trinajstić information content (AvgIpc) is 2.54. The molecule has 16 heavy (non-hydrogen) atoms. The van der Waals surface area contributed by atoms with E-state index in [1.165, 1.54) is 0 Å². The van der Waals surface area contributed by atoms with Crippen molar-refractivity contribution in [2.45, 2.75) is 20.8 Å². The molecule has 0 aliphatic carbocycles. The normalized spacial score (nSPS) is 9.44. The largest absolute Gasteiger partial charge is 0.438 e. The molecule has 0 bridgehead atoms. The number of hydrogen-bond donors (Lipinski definition) is 0. The third-order valence-electron chi connectivity index (χ3n) is 1.94. The van der Waals surface area contributed by atoms with Gasteiger partial charge in [0.05, 0.1) is 0 Å². The molecule has 0 radical (unpaired) electrons. The van der Waals surface area contributed by atoms with E-state index in [1.54, 1.807) is 24.4 Å². The molecule has 86 valence electrons. The van der Waals surface area contributed by atoms with E-state index in [1.807, 2.05) is 20.8 Å². The molecule has 0 N–H and O–H groups in total. The van der Waals surface area contributed by atoms with Gasteiger partial charge in [0.2, 0.25) is 5.88 Å². The van der Waals surface area contributed by atoms with Gasteiger partial charge in [-0.25, -0.2) is 4.99 Å². The molecule has 0 fully saturated rings. The average molecular weight is 217 g/mol. The van der Waals surface area contributed by atoms with E-state index >= 15 is 0 Å². The van der Waals surface area contributed by atoms with E-state index in [-0.39, 0.29) is 0 Å². The van der Waals surface area contributed by atoms with Gasteiger partial charge in [-0.3, -0.25) is 0 Å². The van der Waals surface area contributed by atoms with Crippen LogP contribution in [0.5, 0.6) is 0 Å². The van der Waals surface area contributed by atoms with Crippen molar-refractivity contribution in [1.29, 1.82) is 0 Å². The summed E-state index contributed by atoms with van der Waals surface area (Å²) in [4.78, 5) is 4.10. The molecule has 0 aliphatic rings. The van der Waals surface area contributed by atoms with Crippen molar-refractivity contribution in [2.75, 3.05) is 0 Å². The molecule has 1 aromatic heterocycles. The SMILES string of the molecule is C=C/C=N\c1oc(C=C)c(C)c1C.C=CC. The second kappa shape index (κ2) is 7.46. The third-order valence-corrected chi connectivity index (χ3v) is 1.94. The quantitative estimate of drug-likeness (QED) is 0.535. The van der Waals surface area contributed by atoms with E-state index in [0.717, 1.165) is 16.9 Å². The van der Waals surface area contributed by atoms with Gasteiger partial charge in [-0.2, -0.15) is 0 Å². The second-order valence-corrected chi connectivity index (χ2v) is 3.15. The van der Waals surface area contributed by atoms with Gasteiger partial charge in [0.25, 0.3) is 0 Å². The summed E-state index contributed by atoms with van der Waals surface area (Å²) in [7, 11) is 0. The van der Waals surface area contributed by atoms with Gasteiger partial charge in [-0.05, 0) is 26.8 Å². The number of allylic oxidation sites excluding steroid dienone is 2. The molecule has 1 aromatic rings. The molecular weight excluding hydrogens is 198 g/mol. The summed E-state index contributed by atoms with van der Waals surface area (Å²) in [5.74, 6) is 1.42. The van der Waals surface area contributed by atoms with E-state index < -0.39 is 0 Å². The molecule has 0 unspecified atom stereocenters. The highest BCUT2D eigenvalue weighted by Crippen LogP contribution is 2.28. The maximum absolute atomic E-state index is 5.43. The van der Waals surface area contributed by atoms with Crippen molar-refractivity contribution in [3.05, 3.63) is 48.8 Å². The standard InChI is InChI=1S/C11H13NO.C3H6/c1-5-7-12-11-9(4)8(3)10(6-2)13-11;1-3-2/h5-7H,1-2H2,3-4H3;3H,1H2,2H3/b12-7-;. The van der Waals surface area contributed by atoms with Gasteiger partial charge in [0, 0.05) is 17.3 Å². The predicted molar refractivity (Wildman–Crippen MR) is 72.5 cm³/mol. The van der Waals surface area contributed by atoms with Crippen LogP contribution < -0.4 is 0 Å². The molecule has 2 nitrogen and oxygen atoms in total. The molecule has 0 spiro atoms. The topological polar surface area (TPSA) is 25.5 Å². The summed E-state index contributed by atoms with van der Waals surface area (Å²) >= 11 is 0. The number of hydrogen-bond acceptors (Lipinski definition) is 2. The van der Waals surface area contributed by atoms with Gasteiger partial charge in [-0.1, -0.05) is 25.3 Å². The fourth-order valence-electron chi connectivity index (χ4n) is 1.04. The maximum atomic E-state index is 5.43. The van der Waals surface area contributed by atoms with Gasteiger partial charge >= 0.3 is 0 Å². The lowest BCUT2D eigenvalue weighted by Gasteiger charge is -1.86. The summed E-state index contributed by atoms with van der Waals surface area (Å²) in [6.07, 6.45) is 6.66. The van der Waals surface area contributed by atoms with Crippen LogP contribution >= 0.6 is 0 Å². The number of rotatable bonds is 3. The molecule has 1 heterocycles. The predicted octanol–water partition coefficient (Wildman–Crippen LogP) is 4.62. The molecule has 0 aromatic carbocycles. The fraction of sp³-hybridized carbons (Fsp3) is 0.214. The van der Waals surface area contributed by atoms with Crippen LogP contribution in [0, 0.1) is 13.8 Å². The Kier molecular flexibility index (Phi) is 6.61. The lowest BCUT2D eigenvalue weighted by atomic mass is 10.2. The van der Waals surface area contributed by atoms with Crippen LogP contribution in [-0.4, -0.2) is 6.21 Å². The molecule has 2 heteroatoms. The maximum Gasteiger partial charge on any atom is 0.222 e. The minimum absolute atomic E-state index is 0.632. The van der Waals surface area contributed by atoms with E-state index in [2.05, 4.69) is 24.7 Å². The van der Waals surface area contributed by atoms with Crippen molar-refractivity contribution >= 4 is 18.2 Å². The van der Waals surface area contributed by atoms with Crippen LogP contribution in [0.2, 0.25) is 0 Å². The highest BCUT2D eigenvalue weighted by Gasteiger charge is 2.09. The highest BCUT2D eigenvalue weighted by atomic mass is 16.4. The van der Waals surface area contributed by atoms with Crippen LogP contribution in [0.25, 0.3) is 6.08 Å². The van der Waals surface area contributed by atoms with E-state index in [4.69, 9.17) is 4.42 Å². The van der Waals surface area contributed by atoms with Gasteiger partial charge < -0.3 is 4.42 Å². The van der Waals surface area contributed by atoms with Crippen molar-refractivity contribution in [3.63, 3.8) is 0 Å².